The monoisotopic (exact) mass is 349 g/mol. The number of nitrogens with zero attached hydrogens (tertiary/aromatic N) is 3. The lowest BCUT2D eigenvalue weighted by Crippen LogP contribution is -2.34. The normalized spacial score (nSPS) is 21.2. The third kappa shape index (κ3) is 3.63. The summed E-state index contributed by atoms with van der Waals surface area (Å²) in [5.74, 6) is 0.108. The highest BCUT2D eigenvalue weighted by atomic mass is 16.6. The number of nitro groups is 1. The van der Waals surface area contributed by atoms with Crippen LogP contribution in [0.25, 0.3) is 5.57 Å². The first kappa shape index (κ1) is 18.1. The molecule has 0 saturated heterocycles. The molecule has 1 saturated carbocycles. The van der Waals surface area contributed by atoms with Gasteiger partial charge in [0.25, 0.3) is 0 Å². The van der Waals surface area contributed by atoms with Crippen molar-refractivity contribution in [3.63, 3.8) is 0 Å². The molecule has 0 unspecified atom stereocenters. The minimum atomic E-state index is -0.212. The van der Waals surface area contributed by atoms with E-state index in [0.29, 0.717) is 5.92 Å². The summed E-state index contributed by atoms with van der Waals surface area (Å²) in [6.45, 7) is -0.0782. The molecular formula is C21H23N3O2. The van der Waals surface area contributed by atoms with Crippen LogP contribution in [0.15, 0.2) is 29.8 Å². The summed E-state index contributed by atoms with van der Waals surface area (Å²) in [5, 5.41) is 30.5. The molecule has 0 N–H and O–H groups in total. The van der Waals surface area contributed by atoms with Crippen LogP contribution in [0.4, 0.5) is 0 Å². The largest absolute Gasteiger partial charge is 0.265 e. The van der Waals surface area contributed by atoms with E-state index in [4.69, 9.17) is 0 Å². The number of hydrogen-bond acceptors (Lipinski definition) is 4. The third-order valence-electron chi connectivity index (χ3n) is 6.03. The molecule has 3 rings (SSSR count). The van der Waals surface area contributed by atoms with Gasteiger partial charge in [0.2, 0.25) is 6.54 Å². The standard InChI is InChI=1S/C21H23N3O2/c22-12-17(13-23)21-18-9-5-4-8-16(18)10-11-19(21)20(14-24(25)26)15-6-2-1-3-7-15/h4-5,8-9,15,19-20H,1-3,6-7,10-11,14H2/t19-,20-/m0/s1. The number of hydrogen-bond donors (Lipinski definition) is 0. The first-order valence-corrected chi connectivity index (χ1v) is 9.40. The van der Waals surface area contributed by atoms with Crippen LogP contribution in [-0.4, -0.2) is 11.5 Å². The summed E-state index contributed by atoms with van der Waals surface area (Å²) in [6, 6.07) is 12.0. The van der Waals surface area contributed by atoms with Gasteiger partial charge in [-0.3, -0.25) is 10.1 Å². The Balaban J connectivity index is 2.08. The smallest absolute Gasteiger partial charge is 0.207 e. The molecule has 0 heterocycles. The fourth-order valence-electron chi connectivity index (χ4n) is 4.89. The molecule has 1 aromatic rings. The lowest BCUT2D eigenvalue weighted by atomic mass is 9.65. The number of fused-ring (bicyclic) bond motifs is 1. The molecular weight excluding hydrogens is 326 g/mol. The van der Waals surface area contributed by atoms with Crippen molar-refractivity contribution < 1.29 is 4.92 Å². The maximum absolute atomic E-state index is 11.4. The Morgan fingerprint density at radius 1 is 1.15 bits per heavy atom. The number of aryl methyl sites for hydroxylation is 1. The minimum Gasteiger partial charge on any atom is -0.265 e. The van der Waals surface area contributed by atoms with Gasteiger partial charge in [0.15, 0.2) is 0 Å². The van der Waals surface area contributed by atoms with Crippen LogP contribution in [0.5, 0.6) is 0 Å². The number of allylic oxidation sites excluding steroid dienone is 2. The second kappa shape index (κ2) is 8.15. The van der Waals surface area contributed by atoms with Crippen molar-refractivity contribution in [2.75, 3.05) is 6.54 Å². The third-order valence-corrected chi connectivity index (χ3v) is 6.03. The van der Waals surface area contributed by atoms with Crippen LogP contribution in [0.1, 0.15) is 49.7 Å². The van der Waals surface area contributed by atoms with E-state index in [-0.39, 0.29) is 28.9 Å². The van der Waals surface area contributed by atoms with Gasteiger partial charge in [-0.1, -0.05) is 43.5 Å². The van der Waals surface area contributed by atoms with E-state index in [0.717, 1.165) is 55.2 Å². The van der Waals surface area contributed by atoms with E-state index in [9.17, 15) is 20.6 Å². The SMILES string of the molecule is N#CC(C#N)=C1c2ccccc2CC[C@H]1[C@@H](C[N+](=O)[O-])C1CCCCC1. The Bertz CT molecular complexity index is 778. The summed E-state index contributed by atoms with van der Waals surface area (Å²) >= 11 is 0. The Morgan fingerprint density at radius 2 is 1.85 bits per heavy atom. The first-order chi connectivity index (χ1) is 12.7. The first-order valence-electron chi connectivity index (χ1n) is 9.40. The lowest BCUT2D eigenvalue weighted by molar-refractivity contribution is -0.491. The van der Waals surface area contributed by atoms with E-state index < -0.39 is 0 Å². The van der Waals surface area contributed by atoms with Crippen LogP contribution < -0.4 is 0 Å². The van der Waals surface area contributed by atoms with E-state index >= 15 is 0 Å². The van der Waals surface area contributed by atoms with Gasteiger partial charge in [0, 0.05) is 10.8 Å². The molecule has 0 bridgehead atoms. The van der Waals surface area contributed by atoms with E-state index in [1.165, 1.54) is 6.42 Å². The molecule has 134 valence electrons. The molecule has 0 spiro atoms. The van der Waals surface area contributed by atoms with Gasteiger partial charge in [-0.05, 0) is 54.2 Å². The zero-order valence-corrected chi connectivity index (χ0v) is 14.9. The maximum Gasteiger partial charge on any atom is 0.207 e. The quantitative estimate of drug-likeness (QED) is 0.454. The van der Waals surface area contributed by atoms with Crippen molar-refractivity contribution in [3.8, 4) is 12.1 Å². The van der Waals surface area contributed by atoms with Gasteiger partial charge in [0.1, 0.15) is 17.7 Å². The summed E-state index contributed by atoms with van der Waals surface area (Å²) in [5.41, 5.74) is 2.93. The molecule has 0 amide bonds. The molecule has 0 aromatic heterocycles. The number of nitriles is 2. The van der Waals surface area contributed by atoms with E-state index in [1.54, 1.807) is 0 Å². The summed E-state index contributed by atoms with van der Waals surface area (Å²) in [4.78, 5) is 11.2. The minimum absolute atomic E-state index is 0.0782. The Morgan fingerprint density at radius 3 is 2.50 bits per heavy atom. The Labute approximate surface area is 154 Å². The topological polar surface area (TPSA) is 90.7 Å². The van der Waals surface area contributed by atoms with Gasteiger partial charge in [-0.25, -0.2) is 0 Å². The van der Waals surface area contributed by atoms with Crippen molar-refractivity contribution in [2.24, 2.45) is 17.8 Å². The van der Waals surface area contributed by atoms with Gasteiger partial charge in [-0.2, -0.15) is 10.5 Å². The number of benzene rings is 1. The molecule has 2 aliphatic carbocycles. The Hall–Kier alpha value is -2.66. The van der Waals surface area contributed by atoms with Gasteiger partial charge in [-0.15, -0.1) is 0 Å². The van der Waals surface area contributed by atoms with Crippen molar-refractivity contribution in [3.05, 3.63) is 51.1 Å². The van der Waals surface area contributed by atoms with Gasteiger partial charge < -0.3 is 0 Å². The molecule has 0 radical (unpaired) electrons. The Kier molecular flexibility index (Phi) is 5.68. The van der Waals surface area contributed by atoms with Crippen molar-refractivity contribution in [1.29, 1.82) is 10.5 Å². The summed E-state index contributed by atoms with van der Waals surface area (Å²) in [6.07, 6.45) is 7.06. The van der Waals surface area contributed by atoms with Crippen molar-refractivity contribution >= 4 is 5.57 Å². The van der Waals surface area contributed by atoms with Crippen molar-refractivity contribution in [2.45, 2.75) is 44.9 Å². The average molecular weight is 349 g/mol. The molecule has 1 aromatic carbocycles. The highest BCUT2D eigenvalue weighted by molar-refractivity contribution is 5.79. The lowest BCUT2D eigenvalue weighted by Gasteiger charge is -2.37. The van der Waals surface area contributed by atoms with Crippen LogP contribution >= 0.6 is 0 Å². The molecule has 0 aliphatic heterocycles. The molecule has 5 nitrogen and oxygen atoms in total. The van der Waals surface area contributed by atoms with Crippen LogP contribution in [0.3, 0.4) is 0 Å². The van der Waals surface area contributed by atoms with Crippen LogP contribution in [0, 0.1) is 50.5 Å². The summed E-state index contributed by atoms with van der Waals surface area (Å²) in [7, 11) is 0. The van der Waals surface area contributed by atoms with Gasteiger partial charge >= 0.3 is 0 Å². The van der Waals surface area contributed by atoms with Crippen molar-refractivity contribution in [1.82, 2.24) is 0 Å². The predicted octanol–water partition coefficient (Wildman–Crippen LogP) is 4.52. The second-order valence-electron chi connectivity index (χ2n) is 7.39. The van der Waals surface area contributed by atoms with Gasteiger partial charge in [0.05, 0.1) is 0 Å². The fourth-order valence-corrected chi connectivity index (χ4v) is 4.89. The number of rotatable bonds is 4. The summed E-state index contributed by atoms with van der Waals surface area (Å²) < 4.78 is 0. The maximum atomic E-state index is 11.4. The highest BCUT2D eigenvalue weighted by Gasteiger charge is 2.39. The van der Waals surface area contributed by atoms with E-state index in [2.05, 4.69) is 12.1 Å². The predicted molar refractivity (Wildman–Crippen MR) is 98.3 cm³/mol. The second-order valence-corrected chi connectivity index (χ2v) is 7.39. The van der Waals surface area contributed by atoms with E-state index in [1.807, 2.05) is 24.3 Å². The highest BCUT2D eigenvalue weighted by Crippen LogP contribution is 2.46. The molecule has 1 fully saturated rings. The molecule has 5 heteroatoms. The zero-order chi connectivity index (χ0) is 18.5. The molecule has 26 heavy (non-hydrogen) atoms. The molecule has 2 aliphatic rings. The zero-order valence-electron chi connectivity index (χ0n) is 14.9. The van der Waals surface area contributed by atoms with Crippen LogP contribution in [0.2, 0.25) is 0 Å². The fraction of sp³-hybridized carbons (Fsp3) is 0.524. The molecule has 2 atom stereocenters. The average Bonchev–Trinajstić information content (AvgIpc) is 2.68. The van der Waals surface area contributed by atoms with Crippen LogP contribution in [-0.2, 0) is 6.42 Å².